The van der Waals surface area contributed by atoms with E-state index in [1.807, 2.05) is 41.8 Å². The van der Waals surface area contributed by atoms with Gasteiger partial charge in [0.1, 0.15) is 28.4 Å². The van der Waals surface area contributed by atoms with Crippen molar-refractivity contribution >= 4 is 76.5 Å². The summed E-state index contributed by atoms with van der Waals surface area (Å²) in [5.41, 5.74) is 1.23. The van der Waals surface area contributed by atoms with Gasteiger partial charge in [0, 0.05) is 46.8 Å². The molecule has 0 aromatic heterocycles. The Morgan fingerprint density at radius 3 is 2.68 bits per heavy atom. The van der Waals surface area contributed by atoms with Crippen LogP contribution in [0.25, 0.3) is 0 Å². The minimum absolute atomic E-state index is 0.150. The van der Waals surface area contributed by atoms with E-state index in [4.69, 9.17) is 9.73 Å². The summed E-state index contributed by atoms with van der Waals surface area (Å²) in [4.78, 5) is 54.8. The molecule has 13 heteroatoms. The van der Waals surface area contributed by atoms with Gasteiger partial charge in [0.25, 0.3) is 5.91 Å². The highest BCUT2D eigenvalue weighted by Gasteiger charge is 2.54. The van der Waals surface area contributed by atoms with E-state index in [0.717, 1.165) is 28.5 Å². The third kappa shape index (κ3) is 5.86. The number of carbonyl (C=O) groups is 4. The van der Waals surface area contributed by atoms with Gasteiger partial charge < -0.3 is 15.2 Å². The SMILES string of the molecule is CC(=O)OCC1=C(C(=O)O)N2C(=O)[C@@H](NC(=O)CSC3=CCC(=NC4SCCS4)C=C3)[C@H]2SC1. The second-order valence-corrected chi connectivity index (χ2v) is 12.4. The molecule has 4 aliphatic rings. The Morgan fingerprint density at radius 2 is 2.03 bits per heavy atom. The van der Waals surface area contributed by atoms with Crippen LogP contribution in [-0.2, 0) is 23.9 Å². The van der Waals surface area contributed by atoms with Crippen LogP contribution in [-0.4, -0.2) is 85.2 Å². The van der Waals surface area contributed by atoms with Crippen LogP contribution >= 0.6 is 47.0 Å². The second-order valence-electron chi connectivity index (χ2n) is 7.59. The van der Waals surface area contributed by atoms with Crippen LogP contribution in [0.2, 0.25) is 0 Å². The van der Waals surface area contributed by atoms with Gasteiger partial charge in [-0.2, -0.15) is 0 Å². The molecule has 2 fully saturated rings. The predicted molar refractivity (Wildman–Crippen MR) is 137 cm³/mol. The highest BCUT2D eigenvalue weighted by atomic mass is 32.2. The van der Waals surface area contributed by atoms with Crippen LogP contribution in [0.5, 0.6) is 0 Å². The average molecular weight is 542 g/mol. The summed E-state index contributed by atoms with van der Waals surface area (Å²) in [5, 5.41) is 11.8. The number of carboxylic acids is 1. The molecule has 34 heavy (non-hydrogen) atoms. The van der Waals surface area contributed by atoms with Gasteiger partial charge >= 0.3 is 11.9 Å². The molecule has 9 nitrogen and oxygen atoms in total. The summed E-state index contributed by atoms with van der Waals surface area (Å²) in [6, 6.07) is -0.779. The number of ether oxygens (including phenoxy) is 1. The molecule has 0 bridgehead atoms. The van der Waals surface area contributed by atoms with E-state index in [0.29, 0.717) is 11.3 Å². The first-order valence-electron chi connectivity index (χ1n) is 10.5. The number of hydrogen-bond donors (Lipinski definition) is 2. The number of hydrogen-bond acceptors (Lipinski definition) is 10. The number of nitrogens with zero attached hydrogens (tertiary/aromatic N) is 2. The predicted octanol–water partition coefficient (Wildman–Crippen LogP) is 2.07. The van der Waals surface area contributed by atoms with Crippen molar-refractivity contribution < 1.29 is 29.0 Å². The van der Waals surface area contributed by atoms with Gasteiger partial charge in [0.15, 0.2) is 0 Å². The molecule has 0 radical (unpaired) electrons. The largest absolute Gasteiger partial charge is 0.477 e. The lowest BCUT2D eigenvalue weighted by Crippen LogP contribution is -2.70. The minimum Gasteiger partial charge on any atom is -0.477 e. The third-order valence-electron chi connectivity index (χ3n) is 5.21. The number of carboxylic acid groups (broad SMARTS) is 1. The number of β-lactam (4-membered cyclic amide) rings is 1. The van der Waals surface area contributed by atoms with Crippen LogP contribution in [0, 0.1) is 0 Å². The topological polar surface area (TPSA) is 125 Å². The van der Waals surface area contributed by atoms with E-state index in [1.54, 1.807) is 0 Å². The van der Waals surface area contributed by atoms with Crippen molar-refractivity contribution in [1.29, 1.82) is 0 Å². The fourth-order valence-corrected chi connectivity index (χ4v) is 8.25. The Balaban J connectivity index is 1.28. The van der Waals surface area contributed by atoms with Crippen LogP contribution in [0.4, 0.5) is 0 Å². The van der Waals surface area contributed by atoms with E-state index < -0.39 is 29.3 Å². The fraction of sp³-hybridized carbons (Fsp3) is 0.476. The van der Waals surface area contributed by atoms with Crippen LogP contribution in [0.1, 0.15) is 13.3 Å². The molecule has 0 unspecified atom stereocenters. The standard InChI is InChI=1S/C21H23N3O6S4/c1-11(25)30-8-12-9-34-19-16(18(27)24(19)17(12)20(28)29)23-15(26)10-33-14-4-2-13(3-5-14)22-21-31-6-7-32-21/h2,4-5,16,19,21H,3,6-10H2,1H3,(H,23,26)(H,28,29)/t16-,19-/m1/s1. The summed E-state index contributed by atoms with van der Waals surface area (Å²) in [6.07, 6.45) is 6.71. The molecule has 182 valence electrons. The molecule has 2 saturated heterocycles. The first-order valence-corrected chi connectivity index (χ1v) is 14.6. The maximum atomic E-state index is 12.7. The van der Waals surface area contributed by atoms with Gasteiger partial charge in [-0.15, -0.1) is 47.0 Å². The molecule has 0 spiro atoms. The van der Waals surface area contributed by atoms with Gasteiger partial charge in [-0.05, 0) is 12.2 Å². The zero-order valence-electron chi connectivity index (χ0n) is 18.2. The first kappa shape index (κ1) is 25.3. The monoisotopic (exact) mass is 541 g/mol. The van der Waals surface area contributed by atoms with Gasteiger partial charge in [-0.25, -0.2) is 4.79 Å². The number of aliphatic imine (C=N–C) groups is 1. The second kappa shape index (κ2) is 11.3. The number of rotatable bonds is 8. The molecule has 3 aliphatic heterocycles. The van der Waals surface area contributed by atoms with E-state index in [-0.39, 0.29) is 28.7 Å². The molecule has 0 aromatic rings. The molecule has 2 amide bonds. The van der Waals surface area contributed by atoms with E-state index in [1.165, 1.54) is 35.3 Å². The van der Waals surface area contributed by atoms with Crippen LogP contribution in [0.15, 0.2) is 39.4 Å². The van der Waals surface area contributed by atoms with Crippen molar-refractivity contribution in [3.63, 3.8) is 0 Å². The summed E-state index contributed by atoms with van der Waals surface area (Å²) >= 11 is 6.43. The molecule has 0 saturated carbocycles. The Morgan fingerprint density at radius 1 is 1.26 bits per heavy atom. The maximum Gasteiger partial charge on any atom is 0.352 e. The van der Waals surface area contributed by atoms with Gasteiger partial charge in [-0.1, -0.05) is 6.08 Å². The van der Waals surface area contributed by atoms with Crippen molar-refractivity contribution in [2.75, 3.05) is 29.6 Å². The van der Waals surface area contributed by atoms with E-state index >= 15 is 0 Å². The van der Waals surface area contributed by atoms with Crippen molar-refractivity contribution in [1.82, 2.24) is 10.2 Å². The number of aliphatic carboxylic acids is 1. The quantitative estimate of drug-likeness (QED) is 0.348. The normalized spacial score (nSPS) is 25.7. The van der Waals surface area contributed by atoms with Crippen molar-refractivity contribution in [2.24, 2.45) is 4.99 Å². The molecule has 4 rings (SSSR count). The number of fused-ring (bicyclic) bond motifs is 1. The van der Waals surface area contributed by atoms with Crippen LogP contribution < -0.4 is 5.32 Å². The molecule has 0 aromatic carbocycles. The molecule has 2 N–H and O–H groups in total. The van der Waals surface area contributed by atoms with Crippen LogP contribution in [0.3, 0.4) is 0 Å². The highest BCUT2D eigenvalue weighted by Crippen LogP contribution is 2.40. The number of thioether (sulfide) groups is 4. The summed E-state index contributed by atoms with van der Waals surface area (Å²) in [7, 11) is 0. The number of carbonyl (C=O) groups excluding carboxylic acids is 3. The van der Waals surface area contributed by atoms with E-state index in [2.05, 4.69) is 5.32 Å². The smallest absolute Gasteiger partial charge is 0.352 e. The number of amides is 2. The molecule has 2 atom stereocenters. The molecular formula is C21H23N3O6S4. The summed E-state index contributed by atoms with van der Waals surface area (Å²) < 4.78 is 5.20. The lowest BCUT2D eigenvalue weighted by molar-refractivity contribution is -0.150. The molecule has 3 heterocycles. The zero-order valence-corrected chi connectivity index (χ0v) is 21.5. The Bertz CT molecular complexity index is 1020. The third-order valence-corrected chi connectivity index (χ3v) is 10.3. The summed E-state index contributed by atoms with van der Waals surface area (Å²) in [5.74, 6) is 0.153. The number of esters is 1. The fourth-order valence-electron chi connectivity index (χ4n) is 3.63. The zero-order chi connectivity index (χ0) is 24.2. The molecular weight excluding hydrogens is 519 g/mol. The Hall–Kier alpha value is -1.83. The number of nitrogens with one attached hydrogen (secondary N) is 1. The van der Waals surface area contributed by atoms with Crippen molar-refractivity contribution in [3.8, 4) is 0 Å². The molecule has 1 aliphatic carbocycles. The lowest BCUT2D eigenvalue weighted by atomic mass is 10.0. The number of allylic oxidation sites excluding steroid dienone is 3. The van der Waals surface area contributed by atoms with Crippen molar-refractivity contribution in [3.05, 3.63) is 34.4 Å². The maximum absolute atomic E-state index is 12.7. The van der Waals surface area contributed by atoms with Gasteiger partial charge in [0.05, 0.1) is 5.75 Å². The minimum atomic E-state index is -1.26. The average Bonchev–Trinajstić information content (AvgIpc) is 3.33. The first-order chi connectivity index (χ1) is 16.3. The summed E-state index contributed by atoms with van der Waals surface area (Å²) in [6.45, 7) is 1.06. The highest BCUT2D eigenvalue weighted by molar-refractivity contribution is 8.20. The van der Waals surface area contributed by atoms with E-state index in [9.17, 15) is 24.3 Å². The lowest BCUT2D eigenvalue weighted by Gasteiger charge is -2.49. The van der Waals surface area contributed by atoms with Gasteiger partial charge in [-0.3, -0.25) is 24.3 Å². The Kier molecular flexibility index (Phi) is 8.38. The van der Waals surface area contributed by atoms with Gasteiger partial charge in [0.2, 0.25) is 5.91 Å². The van der Waals surface area contributed by atoms with Crippen molar-refractivity contribution in [2.45, 2.75) is 29.5 Å². The Labute approximate surface area is 213 Å².